The number of benzene rings is 3. The third kappa shape index (κ3) is 5.87. The second-order valence-corrected chi connectivity index (χ2v) is 8.81. The summed E-state index contributed by atoms with van der Waals surface area (Å²) in [4.78, 5) is 27.4. The molecule has 0 N–H and O–H groups in total. The summed E-state index contributed by atoms with van der Waals surface area (Å²) in [5, 5.41) is 0.428. The Morgan fingerprint density at radius 1 is 0.839 bits per heavy atom. The van der Waals surface area contributed by atoms with Crippen molar-refractivity contribution in [3.05, 3.63) is 88.4 Å². The molecule has 6 heteroatoms. The van der Waals surface area contributed by atoms with Crippen molar-refractivity contribution in [3.8, 4) is 11.1 Å². The third-order valence-corrected chi connectivity index (χ3v) is 5.02. The number of ether oxygens (including phenoxy) is 1. The fourth-order valence-electron chi connectivity index (χ4n) is 3.10. The van der Waals surface area contributed by atoms with Crippen molar-refractivity contribution < 1.29 is 14.3 Å². The van der Waals surface area contributed by atoms with Gasteiger partial charge in [-0.25, -0.2) is 0 Å². The van der Waals surface area contributed by atoms with Gasteiger partial charge in [0.1, 0.15) is 12.1 Å². The zero-order chi connectivity index (χ0) is 22.6. The van der Waals surface area contributed by atoms with E-state index in [0.29, 0.717) is 5.69 Å². The predicted molar refractivity (Wildman–Crippen MR) is 126 cm³/mol. The van der Waals surface area contributed by atoms with Crippen LogP contribution in [0.5, 0.6) is 0 Å². The van der Waals surface area contributed by atoms with Gasteiger partial charge in [0.15, 0.2) is 0 Å². The van der Waals surface area contributed by atoms with E-state index in [1.54, 1.807) is 45.0 Å². The van der Waals surface area contributed by atoms with E-state index in [2.05, 4.69) is 0 Å². The van der Waals surface area contributed by atoms with E-state index in [0.717, 1.165) is 11.1 Å². The number of rotatable bonds is 5. The fraction of sp³-hybridized carbons (Fsp3) is 0.200. The molecule has 0 aliphatic heterocycles. The standard InChI is InChI=1S/C25H23Cl2NO3/c1-25(2,3)31-22(29)16-28(24(30)23-20(26)13-8-14-21(23)27)19-12-7-11-18(15-19)17-9-5-4-6-10-17/h4-15H,16H2,1-3H3. The highest BCUT2D eigenvalue weighted by molar-refractivity contribution is 6.40. The van der Waals surface area contributed by atoms with Gasteiger partial charge in [0.2, 0.25) is 0 Å². The van der Waals surface area contributed by atoms with Gasteiger partial charge in [-0.15, -0.1) is 0 Å². The Balaban J connectivity index is 2.04. The van der Waals surface area contributed by atoms with Crippen LogP contribution in [-0.2, 0) is 9.53 Å². The summed E-state index contributed by atoms with van der Waals surface area (Å²) in [5.41, 5.74) is 1.89. The fourth-order valence-corrected chi connectivity index (χ4v) is 3.66. The molecule has 0 aliphatic rings. The Hall–Kier alpha value is -2.82. The highest BCUT2D eigenvalue weighted by atomic mass is 35.5. The molecule has 0 saturated heterocycles. The van der Waals surface area contributed by atoms with Crippen LogP contribution in [0.15, 0.2) is 72.8 Å². The number of hydrogen-bond acceptors (Lipinski definition) is 3. The number of nitrogens with zero attached hydrogens (tertiary/aromatic N) is 1. The minimum atomic E-state index is -0.681. The van der Waals surface area contributed by atoms with Crippen LogP contribution in [0, 0.1) is 0 Å². The van der Waals surface area contributed by atoms with E-state index in [4.69, 9.17) is 27.9 Å². The van der Waals surface area contributed by atoms with E-state index in [-0.39, 0.29) is 22.2 Å². The summed E-state index contributed by atoms with van der Waals surface area (Å²) in [5.74, 6) is -1.01. The maximum atomic E-state index is 13.5. The topological polar surface area (TPSA) is 46.6 Å². The minimum absolute atomic E-state index is 0.138. The molecule has 0 spiro atoms. The highest BCUT2D eigenvalue weighted by Gasteiger charge is 2.27. The molecule has 3 rings (SSSR count). The Kier molecular flexibility index (Phi) is 7.04. The molecule has 160 valence electrons. The Morgan fingerprint density at radius 3 is 2.03 bits per heavy atom. The largest absolute Gasteiger partial charge is 0.459 e. The van der Waals surface area contributed by atoms with Crippen LogP contribution in [0.25, 0.3) is 11.1 Å². The molecule has 1 amide bonds. The second kappa shape index (κ2) is 9.54. The number of anilines is 1. The van der Waals surface area contributed by atoms with Gasteiger partial charge in [0.05, 0.1) is 15.6 Å². The lowest BCUT2D eigenvalue weighted by atomic mass is 10.0. The minimum Gasteiger partial charge on any atom is -0.459 e. The highest BCUT2D eigenvalue weighted by Crippen LogP contribution is 2.30. The monoisotopic (exact) mass is 455 g/mol. The second-order valence-electron chi connectivity index (χ2n) is 7.99. The quantitative estimate of drug-likeness (QED) is 0.404. The van der Waals surface area contributed by atoms with Crippen molar-refractivity contribution >= 4 is 40.8 Å². The Labute approximate surface area is 192 Å². The van der Waals surface area contributed by atoms with Gasteiger partial charge in [-0.2, -0.15) is 0 Å². The lowest BCUT2D eigenvalue weighted by Gasteiger charge is -2.26. The number of halogens is 2. The van der Waals surface area contributed by atoms with Crippen molar-refractivity contribution in [3.63, 3.8) is 0 Å². The average molecular weight is 456 g/mol. The van der Waals surface area contributed by atoms with Gasteiger partial charge < -0.3 is 4.74 Å². The maximum absolute atomic E-state index is 13.5. The first-order valence-corrected chi connectivity index (χ1v) is 10.5. The molecule has 0 atom stereocenters. The van der Waals surface area contributed by atoms with Crippen LogP contribution in [0.1, 0.15) is 31.1 Å². The number of carbonyl (C=O) groups is 2. The zero-order valence-corrected chi connectivity index (χ0v) is 19.1. The average Bonchev–Trinajstić information content (AvgIpc) is 2.71. The van der Waals surface area contributed by atoms with E-state index >= 15 is 0 Å². The van der Waals surface area contributed by atoms with Gasteiger partial charge in [0, 0.05) is 5.69 Å². The molecule has 3 aromatic carbocycles. The van der Waals surface area contributed by atoms with Crippen LogP contribution >= 0.6 is 23.2 Å². The normalized spacial score (nSPS) is 11.1. The molecule has 0 saturated carbocycles. The first-order chi connectivity index (χ1) is 14.7. The van der Waals surface area contributed by atoms with Gasteiger partial charge in [0.25, 0.3) is 5.91 Å². The maximum Gasteiger partial charge on any atom is 0.326 e. The molecule has 0 unspecified atom stereocenters. The zero-order valence-electron chi connectivity index (χ0n) is 17.6. The Bertz CT molecular complexity index is 1070. The number of carbonyl (C=O) groups excluding carboxylic acids is 2. The summed E-state index contributed by atoms with van der Waals surface area (Å²) in [6.07, 6.45) is 0. The van der Waals surface area contributed by atoms with E-state index in [1.165, 1.54) is 4.90 Å². The molecular formula is C25H23Cl2NO3. The summed E-state index contributed by atoms with van der Waals surface area (Å²) in [7, 11) is 0. The molecule has 0 fully saturated rings. The van der Waals surface area contributed by atoms with Crippen LogP contribution in [0.2, 0.25) is 10.0 Å². The molecule has 0 aliphatic carbocycles. The molecule has 0 radical (unpaired) electrons. The van der Waals surface area contributed by atoms with Gasteiger partial charge in [-0.3, -0.25) is 14.5 Å². The van der Waals surface area contributed by atoms with Crippen molar-refractivity contribution in [1.82, 2.24) is 0 Å². The van der Waals surface area contributed by atoms with Crippen LogP contribution in [0.3, 0.4) is 0 Å². The van der Waals surface area contributed by atoms with E-state index in [9.17, 15) is 9.59 Å². The SMILES string of the molecule is CC(C)(C)OC(=O)CN(C(=O)c1c(Cl)cccc1Cl)c1cccc(-c2ccccc2)c1. The van der Waals surface area contributed by atoms with Crippen LogP contribution < -0.4 is 4.90 Å². The van der Waals surface area contributed by atoms with E-state index in [1.807, 2.05) is 48.5 Å². The molecule has 31 heavy (non-hydrogen) atoms. The molecule has 4 nitrogen and oxygen atoms in total. The van der Waals surface area contributed by atoms with E-state index < -0.39 is 17.5 Å². The summed E-state index contributed by atoms with van der Waals surface area (Å²) in [6.45, 7) is 5.05. The van der Waals surface area contributed by atoms with Crippen molar-refractivity contribution in [2.75, 3.05) is 11.4 Å². The van der Waals surface area contributed by atoms with Gasteiger partial charge in [-0.1, -0.05) is 71.7 Å². The number of hydrogen-bond donors (Lipinski definition) is 0. The third-order valence-electron chi connectivity index (χ3n) is 4.39. The predicted octanol–water partition coefficient (Wildman–Crippen LogP) is 6.65. The summed E-state index contributed by atoms with van der Waals surface area (Å²) < 4.78 is 5.45. The van der Waals surface area contributed by atoms with Crippen LogP contribution in [0.4, 0.5) is 5.69 Å². The van der Waals surface area contributed by atoms with Crippen molar-refractivity contribution in [2.45, 2.75) is 26.4 Å². The smallest absolute Gasteiger partial charge is 0.326 e. The number of amides is 1. The molecule has 0 bridgehead atoms. The number of esters is 1. The molecule has 3 aromatic rings. The molecular weight excluding hydrogens is 433 g/mol. The van der Waals surface area contributed by atoms with Gasteiger partial charge >= 0.3 is 5.97 Å². The van der Waals surface area contributed by atoms with Crippen LogP contribution in [-0.4, -0.2) is 24.0 Å². The first kappa shape index (κ1) is 22.9. The summed E-state index contributed by atoms with van der Waals surface area (Å²) in [6, 6.07) is 22.0. The van der Waals surface area contributed by atoms with Gasteiger partial charge in [-0.05, 0) is 56.2 Å². The van der Waals surface area contributed by atoms with Crippen molar-refractivity contribution in [1.29, 1.82) is 0 Å². The molecule has 0 aromatic heterocycles. The molecule has 0 heterocycles. The lowest BCUT2D eigenvalue weighted by Crippen LogP contribution is -2.39. The first-order valence-electron chi connectivity index (χ1n) is 9.79. The van der Waals surface area contributed by atoms with Crippen molar-refractivity contribution in [2.24, 2.45) is 0 Å². The lowest BCUT2D eigenvalue weighted by molar-refractivity contribution is -0.152. The summed E-state index contributed by atoms with van der Waals surface area (Å²) >= 11 is 12.6. The Morgan fingerprint density at radius 2 is 1.42 bits per heavy atom.